The number of nitrogens with one attached hydrogen (secondary N) is 1. The van der Waals surface area contributed by atoms with Crippen molar-refractivity contribution in [2.24, 2.45) is 0 Å². The summed E-state index contributed by atoms with van der Waals surface area (Å²) in [5.74, 6) is 0. The molecular weight excluding hydrogens is 194 g/mol. The standard InChI is InChI=1S/C10H15N3S/c1-4-11-7(2)9-8(3)12-10-13(9)5-6-14-10/h5-7,11H,4H2,1-3H3. The molecule has 0 aromatic carbocycles. The fourth-order valence-corrected chi connectivity index (χ4v) is 2.60. The minimum Gasteiger partial charge on any atom is -0.309 e. The fraction of sp³-hybridized carbons (Fsp3) is 0.500. The number of aryl methyl sites for hydroxylation is 1. The summed E-state index contributed by atoms with van der Waals surface area (Å²) >= 11 is 1.68. The number of imidazole rings is 1. The van der Waals surface area contributed by atoms with Gasteiger partial charge in [0.1, 0.15) is 0 Å². The minimum absolute atomic E-state index is 0.365. The van der Waals surface area contributed by atoms with E-state index in [1.165, 1.54) is 5.69 Å². The largest absolute Gasteiger partial charge is 0.309 e. The molecule has 3 nitrogen and oxygen atoms in total. The van der Waals surface area contributed by atoms with Crippen molar-refractivity contribution in [3.05, 3.63) is 23.0 Å². The van der Waals surface area contributed by atoms with Crippen LogP contribution in [0.4, 0.5) is 0 Å². The molecule has 0 fully saturated rings. The second kappa shape index (κ2) is 3.71. The van der Waals surface area contributed by atoms with E-state index < -0.39 is 0 Å². The van der Waals surface area contributed by atoms with Gasteiger partial charge in [-0.25, -0.2) is 4.98 Å². The second-order valence-corrected chi connectivity index (χ2v) is 4.29. The normalized spacial score (nSPS) is 13.6. The van der Waals surface area contributed by atoms with Gasteiger partial charge in [-0.05, 0) is 20.4 Å². The van der Waals surface area contributed by atoms with Gasteiger partial charge in [0.25, 0.3) is 0 Å². The highest BCUT2D eigenvalue weighted by molar-refractivity contribution is 7.15. The van der Waals surface area contributed by atoms with Crippen molar-refractivity contribution in [2.75, 3.05) is 6.54 Å². The number of aromatic nitrogens is 2. The van der Waals surface area contributed by atoms with Crippen LogP contribution >= 0.6 is 11.3 Å². The lowest BCUT2D eigenvalue weighted by Gasteiger charge is -2.12. The van der Waals surface area contributed by atoms with Gasteiger partial charge < -0.3 is 5.32 Å². The van der Waals surface area contributed by atoms with Crippen molar-refractivity contribution < 1.29 is 0 Å². The van der Waals surface area contributed by atoms with Crippen LogP contribution in [0, 0.1) is 6.92 Å². The zero-order valence-corrected chi connectivity index (χ0v) is 9.56. The third-order valence-electron chi connectivity index (χ3n) is 2.40. The predicted octanol–water partition coefficient (Wildman–Crippen LogP) is 2.37. The molecule has 0 aliphatic heterocycles. The van der Waals surface area contributed by atoms with E-state index in [4.69, 9.17) is 0 Å². The minimum atomic E-state index is 0.365. The molecule has 2 aromatic rings. The molecular formula is C10H15N3S. The van der Waals surface area contributed by atoms with Gasteiger partial charge >= 0.3 is 0 Å². The first-order valence-corrected chi connectivity index (χ1v) is 5.77. The number of nitrogens with zero attached hydrogens (tertiary/aromatic N) is 2. The Morgan fingerprint density at radius 2 is 2.43 bits per heavy atom. The molecule has 14 heavy (non-hydrogen) atoms. The molecule has 0 saturated heterocycles. The first kappa shape index (κ1) is 9.68. The van der Waals surface area contributed by atoms with Crippen LogP contribution in [0.1, 0.15) is 31.3 Å². The van der Waals surface area contributed by atoms with E-state index in [1.807, 2.05) is 0 Å². The molecule has 0 saturated carbocycles. The summed E-state index contributed by atoms with van der Waals surface area (Å²) in [5, 5.41) is 5.49. The van der Waals surface area contributed by atoms with Gasteiger partial charge in [0.05, 0.1) is 11.4 Å². The van der Waals surface area contributed by atoms with Crippen molar-refractivity contribution in [3.63, 3.8) is 0 Å². The predicted molar refractivity (Wildman–Crippen MR) is 59.9 cm³/mol. The molecule has 0 radical (unpaired) electrons. The molecule has 0 spiro atoms. The molecule has 1 atom stereocenters. The van der Waals surface area contributed by atoms with Gasteiger partial charge in [-0.3, -0.25) is 4.40 Å². The van der Waals surface area contributed by atoms with Crippen LogP contribution in [0.25, 0.3) is 4.96 Å². The Bertz CT molecular complexity index is 429. The Labute approximate surface area is 87.8 Å². The highest BCUT2D eigenvalue weighted by atomic mass is 32.1. The van der Waals surface area contributed by atoms with Crippen LogP contribution in [-0.2, 0) is 0 Å². The monoisotopic (exact) mass is 209 g/mol. The summed E-state index contributed by atoms with van der Waals surface area (Å²) in [4.78, 5) is 5.60. The highest BCUT2D eigenvalue weighted by Crippen LogP contribution is 2.22. The Kier molecular flexibility index (Phi) is 2.56. The number of thiazole rings is 1. The Hall–Kier alpha value is -0.870. The van der Waals surface area contributed by atoms with Crippen LogP contribution in [-0.4, -0.2) is 15.9 Å². The van der Waals surface area contributed by atoms with E-state index in [2.05, 4.69) is 47.0 Å². The SMILES string of the molecule is CCNC(C)c1c(C)nc2sccn12. The molecule has 0 bridgehead atoms. The summed E-state index contributed by atoms with van der Waals surface area (Å²) in [6.45, 7) is 7.36. The summed E-state index contributed by atoms with van der Waals surface area (Å²) in [6.07, 6.45) is 2.09. The van der Waals surface area contributed by atoms with Gasteiger partial charge in [-0.2, -0.15) is 0 Å². The van der Waals surface area contributed by atoms with Gasteiger partial charge in [0.2, 0.25) is 0 Å². The van der Waals surface area contributed by atoms with Crippen molar-refractivity contribution in [2.45, 2.75) is 26.8 Å². The Balaban J connectivity index is 2.47. The maximum Gasteiger partial charge on any atom is 0.194 e. The summed E-state index contributed by atoms with van der Waals surface area (Å²) in [5.41, 5.74) is 2.41. The zero-order chi connectivity index (χ0) is 10.1. The summed E-state index contributed by atoms with van der Waals surface area (Å²) in [6, 6.07) is 0.365. The average molecular weight is 209 g/mol. The fourth-order valence-electron chi connectivity index (χ4n) is 1.84. The van der Waals surface area contributed by atoms with E-state index in [9.17, 15) is 0 Å². The second-order valence-electron chi connectivity index (χ2n) is 3.42. The van der Waals surface area contributed by atoms with Crippen molar-refractivity contribution in [1.82, 2.24) is 14.7 Å². The Morgan fingerprint density at radius 3 is 3.14 bits per heavy atom. The number of rotatable bonds is 3. The average Bonchev–Trinajstić information content (AvgIpc) is 2.63. The maximum absolute atomic E-state index is 4.52. The van der Waals surface area contributed by atoms with Crippen molar-refractivity contribution >= 4 is 16.3 Å². The van der Waals surface area contributed by atoms with E-state index in [0.717, 1.165) is 17.2 Å². The number of hydrogen-bond donors (Lipinski definition) is 1. The van der Waals surface area contributed by atoms with Crippen LogP contribution in [0.2, 0.25) is 0 Å². The Morgan fingerprint density at radius 1 is 1.64 bits per heavy atom. The van der Waals surface area contributed by atoms with E-state index >= 15 is 0 Å². The smallest absolute Gasteiger partial charge is 0.194 e. The molecule has 2 rings (SSSR count). The highest BCUT2D eigenvalue weighted by Gasteiger charge is 2.14. The van der Waals surface area contributed by atoms with Gasteiger partial charge in [-0.15, -0.1) is 11.3 Å². The number of fused-ring (bicyclic) bond motifs is 1. The van der Waals surface area contributed by atoms with Crippen molar-refractivity contribution in [3.8, 4) is 0 Å². The van der Waals surface area contributed by atoms with Crippen LogP contribution < -0.4 is 5.32 Å². The molecule has 0 aliphatic rings. The lowest BCUT2D eigenvalue weighted by molar-refractivity contribution is 0.577. The van der Waals surface area contributed by atoms with Crippen LogP contribution in [0.15, 0.2) is 11.6 Å². The third-order valence-corrected chi connectivity index (χ3v) is 3.16. The van der Waals surface area contributed by atoms with Gasteiger partial charge in [0.15, 0.2) is 4.96 Å². The molecule has 76 valence electrons. The first-order valence-electron chi connectivity index (χ1n) is 4.89. The molecule has 2 aromatic heterocycles. The summed E-state index contributed by atoms with van der Waals surface area (Å²) in [7, 11) is 0. The first-order chi connectivity index (χ1) is 6.74. The van der Waals surface area contributed by atoms with E-state index in [1.54, 1.807) is 11.3 Å². The lowest BCUT2D eigenvalue weighted by Crippen LogP contribution is -2.19. The molecule has 1 unspecified atom stereocenters. The van der Waals surface area contributed by atoms with E-state index in [-0.39, 0.29) is 0 Å². The maximum atomic E-state index is 4.52. The topological polar surface area (TPSA) is 29.3 Å². The molecule has 4 heteroatoms. The van der Waals surface area contributed by atoms with Crippen LogP contribution in [0.5, 0.6) is 0 Å². The molecule has 0 aliphatic carbocycles. The van der Waals surface area contributed by atoms with E-state index in [0.29, 0.717) is 6.04 Å². The molecule has 0 amide bonds. The quantitative estimate of drug-likeness (QED) is 0.841. The molecule has 2 heterocycles. The summed E-state index contributed by atoms with van der Waals surface area (Å²) < 4.78 is 2.17. The van der Waals surface area contributed by atoms with Gasteiger partial charge in [0, 0.05) is 17.6 Å². The third kappa shape index (κ3) is 1.44. The lowest BCUT2D eigenvalue weighted by atomic mass is 10.2. The zero-order valence-electron chi connectivity index (χ0n) is 8.74. The molecule has 1 N–H and O–H groups in total. The number of hydrogen-bond acceptors (Lipinski definition) is 3. The van der Waals surface area contributed by atoms with Crippen LogP contribution in [0.3, 0.4) is 0 Å². The van der Waals surface area contributed by atoms with Crippen molar-refractivity contribution in [1.29, 1.82) is 0 Å². The van der Waals surface area contributed by atoms with Gasteiger partial charge in [-0.1, -0.05) is 6.92 Å².